The first kappa shape index (κ1) is 20.6. The Labute approximate surface area is 148 Å². The van der Waals surface area contributed by atoms with Gasteiger partial charge in [-0.3, -0.25) is 14.4 Å². The molecule has 0 saturated heterocycles. The Kier molecular flexibility index (Phi) is 8.63. The van der Waals surface area contributed by atoms with Gasteiger partial charge in [0.25, 0.3) is 0 Å². The summed E-state index contributed by atoms with van der Waals surface area (Å²) in [4.78, 5) is 33.6. The molecule has 7 N–H and O–H groups in total. The van der Waals surface area contributed by atoms with Crippen molar-refractivity contribution in [2.75, 3.05) is 5.32 Å². The van der Waals surface area contributed by atoms with Crippen LogP contribution in [0.1, 0.15) is 49.7 Å². The van der Waals surface area contributed by atoms with E-state index in [-0.39, 0.29) is 24.7 Å². The van der Waals surface area contributed by atoms with Crippen molar-refractivity contribution in [2.45, 2.75) is 57.9 Å². The van der Waals surface area contributed by atoms with Crippen molar-refractivity contribution in [1.82, 2.24) is 0 Å². The van der Waals surface area contributed by atoms with Gasteiger partial charge in [0.2, 0.25) is 17.7 Å². The largest absolute Gasteiger partial charge is 0.370 e. The fourth-order valence-corrected chi connectivity index (χ4v) is 2.55. The average Bonchev–Trinajstić information content (AvgIpc) is 2.51. The Bertz CT molecular complexity index is 616. The highest BCUT2D eigenvalue weighted by Crippen LogP contribution is 2.17. The number of amides is 3. The van der Waals surface area contributed by atoms with E-state index in [0.717, 1.165) is 36.8 Å². The first-order valence-corrected chi connectivity index (χ1v) is 8.51. The predicted molar refractivity (Wildman–Crippen MR) is 97.6 cm³/mol. The highest BCUT2D eigenvalue weighted by molar-refractivity contribution is 5.95. The zero-order valence-electron chi connectivity index (χ0n) is 14.7. The molecule has 0 aliphatic heterocycles. The minimum Gasteiger partial charge on any atom is -0.370 e. The van der Waals surface area contributed by atoms with E-state index in [1.165, 1.54) is 0 Å². The number of unbranched alkanes of at least 4 members (excludes halogenated alkanes) is 2. The fraction of sp³-hybridized carbons (Fsp3) is 0.500. The standard InChI is InChI=1S/C18H28N4O3/c1-12-9-13(5-3-2-4-6-16(20)23)11-14(10-12)22-18(25)15(19)7-8-17(21)24/h9-11,15H,2-8,19H2,1H3,(H2,20,23)(H2,21,24)(H,22,25). The number of nitrogens with two attached hydrogens (primary N) is 3. The van der Waals surface area contributed by atoms with Crippen LogP contribution >= 0.6 is 0 Å². The van der Waals surface area contributed by atoms with E-state index in [1.807, 2.05) is 19.1 Å². The van der Waals surface area contributed by atoms with Crippen molar-refractivity contribution >= 4 is 23.4 Å². The van der Waals surface area contributed by atoms with Crippen LogP contribution in [-0.2, 0) is 20.8 Å². The van der Waals surface area contributed by atoms with E-state index in [9.17, 15) is 14.4 Å². The summed E-state index contributed by atoms with van der Waals surface area (Å²) in [6.07, 6.45) is 4.24. The molecule has 0 aliphatic rings. The quantitative estimate of drug-likeness (QED) is 0.444. The summed E-state index contributed by atoms with van der Waals surface area (Å²) < 4.78 is 0. The number of carbonyl (C=O) groups is 3. The second-order valence-corrected chi connectivity index (χ2v) is 6.33. The van der Waals surface area contributed by atoms with Crippen LogP contribution in [-0.4, -0.2) is 23.8 Å². The average molecular weight is 348 g/mol. The van der Waals surface area contributed by atoms with Gasteiger partial charge in [0.15, 0.2) is 0 Å². The first-order valence-electron chi connectivity index (χ1n) is 8.51. The molecule has 1 aromatic carbocycles. The fourth-order valence-electron chi connectivity index (χ4n) is 2.55. The van der Waals surface area contributed by atoms with Crippen molar-refractivity contribution in [2.24, 2.45) is 17.2 Å². The number of primary amides is 2. The van der Waals surface area contributed by atoms with E-state index in [1.54, 1.807) is 0 Å². The van der Waals surface area contributed by atoms with Crippen LogP contribution in [0.15, 0.2) is 18.2 Å². The van der Waals surface area contributed by atoms with E-state index in [2.05, 4.69) is 11.4 Å². The molecule has 1 unspecified atom stereocenters. The molecule has 138 valence electrons. The van der Waals surface area contributed by atoms with E-state index in [0.29, 0.717) is 12.1 Å². The van der Waals surface area contributed by atoms with Crippen molar-refractivity contribution in [1.29, 1.82) is 0 Å². The van der Waals surface area contributed by atoms with Crippen molar-refractivity contribution in [3.8, 4) is 0 Å². The molecule has 1 rings (SSSR count). The summed E-state index contributed by atoms with van der Waals surface area (Å²) in [5, 5.41) is 2.79. The van der Waals surface area contributed by atoms with Gasteiger partial charge in [-0.25, -0.2) is 0 Å². The maximum atomic E-state index is 12.1. The molecule has 0 bridgehead atoms. The summed E-state index contributed by atoms with van der Waals surface area (Å²) in [7, 11) is 0. The Hall–Kier alpha value is -2.41. The minimum atomic E-state index is -0.773. The van der Waals surface area contributed by atoms with Gasteiger partial charge in [0.1, 0.15) is 0 Å². The van der Waals surface area contributed by atoms with Gasteiger partial charge < -0.3 is 22.5 Å². The Morgan fingerprint density at radius 3 is 2.32 bits per heavy atom. The summed E-state index contributed by atoms with van der Waals surface area (Å²) in [6.45, 7) is 1.96. The lowest BCUT2D eigenvalue weighted by Gasteiger charge is -2.13. The van der Waals surface area contributed by atoms with Crippen LogP contribution in [0.25, 0.3) is 0 Å². The third-order valence-electron chi connectivity index (χ3n) is 3.83. The van der Waals surface area contributed by atoms with E-state index >= 15 is 0 Å². The molecule has 0 aromatic heterocycles. The van der Waals surface area contributed by atoms with E-state index in [4.69, 9.17) is 17.2 Å². The molecule has 7 nitrogen and oxygen atoms in total. The lowest BCUT2D eigenvalue weighted by Crippen LogP contribution is -2.36. The molecule has 0 saturated carbocycles. The molecule has 25 heavy (non-hydrogen) atoms. The van der Waals surface area contributed by atoms with Crippen LogP contribution in [0, 0.1) is 6.92 Å². The lowest BCUT2D eigenvalue weighted by atomic mass is 10.0. The van der Waals surface area contributed by atoms with Crippen LogP contribution in [0.4, 0.5) is 5.69 Å². The third kappa shape index (κ3) is 8.85. The van der Waals surface area contributed by atoms with Gasteiger partial charge in [-0.2, -0.15) is 0 Å². The van der Waals surface area contributed by atoms with Gasteiger partial charge in [0, 0.05) is 18.5 Å². The summed E-state index contributed by atoms with van der Waals surface area (Å²) in [5.41, 5.74) is 18.8. The van der Waals surface area contributed by atoms with Crippen molar-refractivity contribution in [3.05, 3.63) is 29.3 Å². The predicted octanol–water partition coefficient (Wildman–Crippen LogP) is 1.11. The van der Waals surface area contributed by atoms with Crippen LogP contribution in [0.2, 0.25) is 0 Å². The van der Waals surface area contributed by atoms with Crippen molar-refractivity contribution in [3.63, 3.8) is 0 Å². The van der Waals surface area contributed by atoms with Gasteiger partial charge in [-0.05, 0) is 55.9 Å². The maximum Gasteiger partial charge on any atom is 0.241 e. The molecule has 1 atom stereocenters. The maximum absolute atomic E-state index is 12.1. The molecular formula is C18H28N4O3. The van der Waals surface area contributed by atoms with Gasteiger partial charge >= 0.3 is 0 Å². The molecule has 0 aliphatic carbocycles. The zero-order valence-corrected chi connectivity index (χ0v) is 14.7. The first-order chi connectivity index (χ1) is 11.8. The topological polar surface area (TPSA) is 141 Å². The van der Waals surface area contributed by atoms with Gasteiger partial charge in [0.05, 0.1) is 6.04 Å². The highest BCUT2D eigenvalue weighted by atomic mass is 16.2. The van der Waals surface area contributed by atoms with Gasteiger partial charge in [-0.15, -0.1) is 0 Å². The number of anilines is 1. The number of nitrogens with one attached hydrogen (secondary N) is 1. The second kappa shape index (κ2) is 10.5. The molecule has 1 aromatic rings. The Balaban J connectivity index is 2.54. The molecule has 0 fully saturated rings. The zero-order chi connectivity index (χ0) is 18.8. The molecular weight excluding hydrogens is 320 g/mol. The summed E-state index contributed by atoms with van der Waals surface area (Å²) >= 11 is 0. The normalized spacial score (nSPS) is 11.8. The van der Waals surface area contributed by atoms with Crippen LogP contribution in [0.5, 0.6) is 0 Å². The minimum absolute atomic E-state index is 0.0823. The smallest absolute Gasteiger partial charge is 0.241 e. The second-order valence-electron chi connectivity index (χ2n) is 6.33. The number of benzene rings is 1. The third-order valence-corrected chi connectivity index (χ3v) is 3.83. The molecule has 7 heteroatoms. The number of rotatable bonds is 11. The number of hydrogen-bond acceptors (Lipinski definition) is 4. The molecule has 3 amide bonds. The number of hydrogen-bond donors (Lipinski definition) is 4. The SMILES string of the molecule is Cc1cc(CCCCCC(N)=O)cc(NC(=O)C(N)CCC(N)=O)c1. The van der Waals surface area contributed by atoms with Gasteiger partial charge in [-0.1, -0.05) is 12.5 Å². The lowest BCUT2D eigenvalue weighted by molar-refractivity contribution is -0.120. The molecule has 0 heterocycles. The monoisotopic (exact) mass is 348 g/mol. The molecule has 0 spiro atoms. The molecule has 0 radical (unpaired) electrons. The Morgan fingerprint density at radius 1 is 1.00 bits per heavy atom. The van der Waals surface area contributed by atoms with E-state index < -0.39 is 11.9 Å². The number of aryl methyl sites for hydroxylation is 2. The van der Waals surface area contributed by atoms with Crippen LogP contribution < -0.4 is 22.5 Å². The summed E-state index contributed by atoms with van der Waals surface area (Å²) in [6, 6.07) is 5.08. The summed E-state index contributed by atoms with van der Waals surface area (Å²) in [5.74, 6) is -1.08. The van der Waals surface area contributed by atoms with Crippen molar-refractivity contribution < 1.29 is 14.4 Å². The van der Waals surface area contributed by atoms with Crippen LogP contribution in [0.3, 0.4) is 0 Å². The Morgan fingerprint density at radius 2 is 1.68 bits per heavy atom. The highest BCUT2D eigenvalue weighted by Gasteiger charge is 2.14. The number of carbonyl (C=O) groups excluding carboxylic acids is 3.